The fourth-order valence-electron chi connectivity index (χ4n) is 2.51. The third kappa shape index (κ3) is 3.54. The fraction of sp³-hybridized carbons (Fsp3) is 0.0476. The Morgan fingerprint density at radius 2 is 1.72 bits per heavy atom. The van der Waals surface area contributed by atoms with Crippen LogP contribution in [-0.2, 0) is 0 Å². The second-order valence-electron chi connectivity index (χ2n) is 5.85. The monoisotopic (exact) mass is 390 g/mol. The van der Waals surface area contributed by atoms with Crippen LogP contribution in [0.1, 0.15) is 11.1 Å². The van der Waals surface area contributed by atoms with Crippen LogP contribution in [0.5, 0.6) is 0 Å². The van der Waals surface area contributed by atoms with Gasteiger partial charge in [0.1, 0.15) is 5.52 Å². The average molecular weight is 391 g/mol. The molecule has 4 heteroatoms. The summed E-state index contributed by atoms with van der Waals surface area (Å²) >= 11 is 3.43. The number of rotatable bonds is 3. The highest BCUT2D eigenvalue weighted by Gasteiger charge is 2.08. The fourth-order valence-corrected chi connectivity index (χ4v) is 2.78. The first-order valence-corrected chi connectivity index (χ1v) is 8.74. The summed E-state index contributed by atoms with van der Waals surface area (Å²) in [5.74, 6) is 0.629. The largest absolute Gasteiger partial charge is 0.436 e. The van der Waals surface area contributed by atoms with Crippen molar-refractivity contribution < 1.29 is 4.42 Å². The molecule has 0 atom stereocenters. The number of aliphatic imine (C=N–C) groups is 1. The van der Waals surface area contributed by atoms with Gasteiger partial charge < -0.3 is 4.42 Å². The Bertz CT molecular complexity index is 1050. The maximum absolute atomic E-state index is 5.91. The number of hydrogen-bond acceptors (Lipinski definition) is 3. The van der Waals surface area contributed by atoms with Gasteiger partial charge in [-0.2, -0.15) is 0 Å². The molecule has 0 aliphatic heterocycles. The van der Waals surface area contributed by atoms with Crippen LogP contribution in [0.3, 0.4) is 0 Å². The van der Waals surface area contributed by atoms with Crippen LogP contribution in [0.25, 0.3) is 22.6 Å². The van der Waals surface area contributed by atoms with Crippen molar-refractivity contribution in [3.8, 4) is 11.5 Å². The quantitative estimate of drug-likeness (QED) is 0.384. The minimum absolute atomic E-state index is 0.629. The number of fused-ring (bicyclic) bond motifs is 1. The van der Waals surface area contributed by atoms with E-state index in [0.717, 1.165) is 32.4 Å². The third-order valence-corrected chi connectivity index (χ3v) is 4.43. The molecule has 0 aliphatic carbocycles. The van der Waals surface area contributed by atoms with Crippen molar-refractivity contribution in [2.24, 2.45) is 4.99 Å². The zero-order valence-corrected chi connectivity index (χ0v) is 15.2. The molecule has 3 nitrogen and oxygen atoms in total. The molecule has 1 heterocycles. The highest BCUT2D eigenvalue weighted by atomic mass is 79.9. The molecule has 4 rings (SSSR count). The highest BCUT2D eigenvalue weighted by Crippen LogP contribution is 2.27. The molecule has 0 amide bonds. The molecular weight excluding hydrogens is 376 g/mol. The summed E-state index contributed by atoms with van der Waals surface area (Å²) in [6.45, 7) is 2.06. The lowest BCUT2D eigenvalue weighted by molar-refractivity contribution is 0.620. The van der Waals surface area contributed by atoms with E-state index in [9.17, 15) is 0 Å². The lowest BCUT2D eigenvalue weighted by Gasteiger charge is -1.95. The summed E-state index contributed by atoms with van der Waals surface area (Å²) in [7, 11) is 0. The lowest BCUT2D eigenvalue weighted by Crippen LogP contribution is -1.79. The maximum Gasteiger partial charge on any atom is 0.227 e. The smallest absolute Gasteiger partial charge is 0.227 e. The van der Waals surface area contributed by atoms with Gasteiger partial charge in [-0.25, -0.2) is 4.98 Å². The number of nitrogens with zero attached hydrogens (tertiary/aromatic N) is 2. The van der Waals surface area contributed by atoms with Gasteiger partial charge >= 0.3 is 0 Å². The minimum Gasteiger partial charge on any atom is -0.436 e. The van der Waals surface area contributed by atoms with Crippen LogP contribution in [0.2, 0.25) is 0 Å². The molecule has 0 spiro atoms. The van der Waals surface area contributed by atoms with Gasteiger partial charge in [-0.15, -0.1) is 0 Å². The van der Waals surface area contributed by atoms with Gasteiger partial charge in [0, 0.05) is 22.3 Å². The first-order chi connectivity index (χ1) is 12.2. The SMILES string of the molecule is Cc1ccc(-c2nc3ccc(N=Cc4ccc(Br)cc4)cc3o2)cc1. The second-order valence-corrected chi connectivity index (χ2v) is 6.76. The van der Waals surface area contributed by atoms with E-state index in [1.165, 1.54) is 5.56 Å². The van der Waals surface area contributed by atoms with E-state index in [1.807, 2.05) is 60.8 Å². The van der Waals surface area contributed by atoms with Gasteiger partial charge in [-0.1, -0.05) is 45.8 Å². The summed E-state index contributed by atoms with van der Waals surface area (Å²) in [4.78, 5) is 9.08. The second kappa shape index (κ2) is 6.65. The number of oxazole rings is 1. The molecule has 122 valence electrons. The Morgan fingerprint density at radius 3 is 2.48 bits per heavy atom. The van der Waals surface area contributed by atoms with Crippen LogP contribution in [0.4, 0.5) is 5.69 Å². The van der Waals surface area contributed by atoms with Crippen molar-refractivity contribution in [3.05, 3.63) is 82.3 Å². The standard InChI is InChI=1S/C21H15BrN2O/c1-14-2-6-16(7-3-14)21-24-19-11-10-18(12-20(19)25-21)23-13-15-4-8-17(22)9-5-15/h2-13H,1H3. The highest BCUT2D eigenvalue weighted by molar-refractivity contribution is 9.10. The molecular formula is C21H15BrN2O. The number of aromatic nitrogens is 1. The van der Waals surface area contributed by atoms with Crippen LogP contribution in [0, 0.1) is 6.92 Å². The zero-order valence-electron chi connectivity index (χ0n) is 13.6. The molecule has 25 heavy (non-hydrogen) atoms. The van der Waals surface area contributed by atoms with E-state index in [-0.39, 0.29) is 0 Å². The van der Waals surface area contributed by atoms with Crippen molar-refractivity contribution in [3.63, 3.8) is 0 Å². The lowest BCUT2D eigenvalue weighted by atomic mass is 10.1. The Labute approximate surface area is 154 Å². The van der Waals surface area contributed by atoms with Crippen LogP contribution >= 0.6 is 15.9 Å². The molecule has 0 N–H and O–H groups in total. The normalized spacial score (nSPS) is 11.4. The van der Waals surface area contributed by atoms with Gasteiger partial charge in [0.25, 0.3) is 0 Å². The molecule has 0 fully saturated rings. The molecule has 1 aromatic heterocycles. The molecule has 0 saturated heterocycles. The summed E-state index contributed by atoms with van der Waals surface area (Å²) in [6.07, 6.45) is 1.84. The van der Waals surface area contributed by atoms with E-state index < -0.39 is 0 Å². The predicted molar refractivity (Wildman–Crippen MR) is 106 cm³/mol. The molecule has 0 saturated carbocycles. The van der Waals surface area contributed by atoms with E-state index in [0.29, 0.717) is 5.89 Å². The first-order valence-electron chi connectivity index (χ1n) is 7.95. The Hall–Kier alpha value is -2.72. The first kappa shape index (κ1) is 15.8. The number of aryl methyl sites for hydroxylation is 1. The molecule has 0 unspecified atom stereocenters. The van der Waals surface area contributed by atoms with Crippen LogP contribution < -0.4 is 0 Å². The van der Waals surface area contributed by atoms with Crippen molar-refractivity contribution >= 4 is 38.9 Å². The van der Waals surface area contributed by atoms with Gasteiger partial charge in [0.15, 0.2) is 5.58 Å². The van der Waals surface area contributed by atoms with Crippen molar-refractivity contribution in [1.29, 1.82) is 0 Å². The summed E-state index contributed by atoms with van der Waals surface area (Å²) in [6, 6.07) is 21.9. The van der Waals surface area contributed by atoms with Gasteiger partial charge in [-0.05, 0) is 48.9 Å². The summed E-state index contributed by atoms with van der Waals surface area (Å²) in [5, 5.41) is 0. The average Bonchev–Trinajstić information content (AvgIpc) is 3.05. The zero-order chi connectivity index (χ0) is 17.2. The maximum atomic E-state index is 5.91. The third-order valence-electron chi connectivity index (χ3n) is 3.90. The summed E-state index contributed by atoms with van der Waals surface area (Å²) < 4.78 is 6.96. The van der Waals surface area contributed by atoms with E-state index in [2.05, 4.69) is 45.0 Å². The number of hydrogen-bond donors (Lipinski definition) is 0. The van der Waals surface area contributed by atoms with E-state index in [4.69, 9.17) is 4.42 Å². The summed E-state index contributed by atoms with van der Waals surface area (Å²) in [5.41, 5.74) is 5.63. The van der Waals surface area contributed by atoms with E-state index >= 15 is 0 Å². The van der Waals surface area contributed by atoms with Crippen molar-refractivity contribution in [2.45, 2.75) is 6.92 Å². The van der Waals surface area contributed by atoms with E-state index in [1.54, 1.807) is 0 Å². The van der Waals surface area contributed by atoms with Gasteiger partial charge in [-0.3, -0.25) is 4.99 Å². The Kier molecular flexibility index (Phi) is 4.20. The molecule has 0 bridgehead atoms. The molecule has 4 aromatic rings. The molecule has 0 radical (unpaired) electrons. The van der Waals surface area contributed by atoms with Crippen molar-refractivity contribution in [1.82, 2.24) is 4.98 Å². The Balaban J connectivity index is 1.63. The van der Waals surface area contributed by atoms with Gasteiger partial charge in [0.2, 0.25) is 5.89 Å². The predicted octanol–water partition coefficient (Wildman–Crippen LogP) is 6.32. The number of halogens is 1. The minimum atomic E-state index is 0.629. The topological polar surface area (TPSA) is 38.4 Å². The van der Waals surface area contributed by atoms with Gasteiger partial charge in [0.05, 0.1) is 5.69 Å². The Morgan fingerprint density at radius 1 is 0.960 bits per heavy atom. The van der Waals surface area contributed by atoms with Crippen molar-refractivity contribution in [2.75, 3.05) is 0 Å². The van der Waals surface area contributed by atoms with Crippen LogP contribution in [0.15, 0.2) is 80.6 Å². The molecule has 0 aliphatic rings. The molecule has 3 aromatic carbocycles. The number of benzene rings is 3. The van der Waals surface area contributed by atoms with Crippen LogP contribution in [-0.4, -0.2) is 11.2 Å².